The van der Waals surface area contributed by atoms with Gasteiger partial charge in [0.2, 0.25) is 0 Å². The van der Waals surface area contributed by atoms with Gasteiger partial charge in [-0.15, -0.1) is 0 Å². The average molecular weight is 350 g/mol. The van der Waals surface area contributed by atoms with E-state index in [1.807, 2.05) is 40.0 Å². The van der Waals surface area contributed by atoms with Gasteiger partial charge < -0.3 is 0 Å². The lowest BCUT2D eigenvalue weighted by Crippen LogP contribution is -2.18. The normalized spacial score (nSPS) is 14.9. The van der Waals surface area contributed by atoms with Crippen LogP contribution in [0, 0.1) is 11.8 Å². The molecule has 2 heteroatoms. The maximum atomic E-state index is 12.4. The molecular formula is C23H43NO. The van der Waals surface area contributed by atoms with Crippen LogP contribution in [0.3, 0.4) is 0 Å². The number of aliphatic imine (C=N–C) groups is 1. The molecule has 0 aliphatic heterocycles. The first-order valence-electron chi connectivity index (χ1n) is 10.5. The summed E-state index contributed by atoms with van der Waals surface area (Å²) in [6, 6.07) is 0. The topological polar surface area (TPSA) is 29.4 Å². The molecular weight excluding hydrogens is 306 g/mol. The predicted octanol–water partition coefficient (Wildman–Crippen LogP) is 7.55. The third kappa shape index (κ3) is 11.9. The summed E-state index contributed by atoms with van der Waals surface area (Å²) in [5.41, 5.74) is 2.22. The van der Waals surface area contributed by atoms with Gasteiger partial charge in [0.25, 0.3) is 0 Å². The van der Waals surface area contributed by atoms with Gasteiger partial charge in [0.05, 0.1) is 5.92 Å². The van der Waals surface area contributed by atoms with E-state index < -0.39 is 0 Å². The first-order valence-corrected chi connectivity index (χ1v) is 10.5. The molecule has 0 aliphatic carbocycles. The summed E-state index contributed by atoms with van der Waals surface area (Å²) in [5.74, 6) is 0.828. The fourth-order valence-electron chi connectivity index (χ4n) is 2.97. The molecule has 146 valence electrons. The molecule has 25 heavy (non-hydrogen) atoms. The lowest BCUT2D eigenvalue weighted by molar-refractivity contribution is -0.122. The minimum atomic E-state index is -0.0488. The molecule has 0 aromatic rings. The minimum absolute atomic E-state index is 0.0488. The molecule has 0 bridgehead atoms. The van der Waals surface area contributed by atoms with Gasteiger partial charge >= 0.3 is 0 Å². The van der Waals surface area contributed by atoms with Gasteiger partial charge in [-0.25, -0.2) is 0 Å². The van der Waals surface area contributed by atoms with Crippen LogP contribution in [0.4, 0.5) is 0 Å². The van der Waals surface area contributed by atoms with Crippen LogP contribution in [0.15, 0.2) is 28.4 Å². The molecule has 0 saturated heterocycles. The summed E-state index contributed by atoms with van der Waals surface area (Å²) in [5, 5.41) is 0. The molecule has 0 aromatic heterocycles. The number of allylic oxidation sites excluding steroid dienone is 4. The number of carbonyl (C=O) groups is 1. The average Bonchev–Trinajstić information content (AvgIpc) is 2.62. The van der Waals surface area contributed by atoms with E-state index in [9.17, 15) is 4.79 Å². The van der Waals surface area contributed by atoms with E-state index >= 15 is 0 Å². The second-order valence-electron chi connectivity index (χ2n) is 6.41. The van der Waals surface area contributed by atoms with Crippen LogP contribution in [0.25, 0.3) is 0 Å². The number of rotatable bonds is 12. The Labute approximate surface area is 157 Å². The fraction of sp³-hybridized carbons (Fsp3) is 0.739. The Morgan fingerprint density at radius 2 is 1.72 bits per heavy atom. The number of ketones is 1. The predicted molar refractivity (Wildman–Crippen MR) is 114 cm³/mol. The molecule has 2 unspecified atom stereocenters. The van der Waals surface area contributed by atoms with Crippen molar-refractivity contribution >= 4 is 12.0 Å². The molecule has 0 rings (SSSR count). The van der Waals surface area contributed by atoms with Crippen LogP contribution in [0.5, 0.6) is 0 Å². The number of carbonyl (C=O) groups excluding carboxylic acids is 1. The molecule has 0 amide bonds. The number of hydrogen-bond donors (Lipinski definition) is 0. The molecule has 2 atom stereocenters. The van der Waals surface area contributed by atoms with Gasteiger partial charge in [0.15, 0.2) is 0 Å². The Kier molecular flexibility index (Phi) is 18.4. The van der Waals surface area contributed by atoms with Gasteiger partial charge in [-0.1, -0.05) is 79.9 Å². The summed E-state index contributed by atoms with van der Waals surface area (Å²) >= 11 is 0. The highest BCUT2D eigenvalue weighted by atomic mass is 16.1. The van der Waals surface area contributed by atoms with Crippen LogP contribution in [0.1, 0.15) is 100 Å². The summed E-state index contributed by atoms with van der Waals surface area (Å²) in [7, 11) is 0. The van der Waals surface area contributed by atoms with Crippen molar-refractivity contribution in [3.8, 4) is 0 Å². The van der Waals surface area contributed by atoms with E-state index in [2.05, 4.69) is 33.8 Å². The Balaban J connectivity index is 0. The van der Waals surface area contributed by atoms with Crippen molar-refractivity contribution in [2.24, 2.45) is 16.8 Å². The van der Waals surface area contributed by atoms with E-state index in [1.54, 1.807) is 0 Å². The zero-order valence-electron chi connectivity index (χ0n) is 18.2. The van der Waals surface area contributed by atoms with Crippen LogP contribution < -0.4 is 0 Å². The van der Waals surface area contributed by atoms with Crippen molar-refractivity contribution in [2.45, 2.75) is 100 Å². The van der Waals surface area contributed by atoms with Crippen molar-refractivity contribution < 1.29 is 4.79 Å². The first kappa shape index (κ1) is 26.1. The molecule has 0 saturated carbocycles. The van der Waals surface area contributed by atoms with Gasteiger partial charge in [-0.3, -0.25) is 9.79 Å². The molecule has 0 fully saturated rings. The molecule has 2 nitrogen and oxygen atoms in total. The lowest BCUT2D eigenvalue weighted by Gasteiger charge is -2.20. The monoisotopic (exact) mass is 349 g/mol. The maximum absolute atomic E-state index is 12.4. The SMILES string of the molecule is C/C=C(/N=C/C(=C\CC)CCC)C(CC(C)CCC)C(=O)CC.CC. The Morgan fingerprint density at radius 3 is 2.16 bits per heavy atom. The van der Waals surface area contributed by atoms with E-state index in [0.29, 0.717) is 18.1 Å². The molecule has 0 spiro atoms. The largest absolute Gasteiger partial charge is 0.299 e. The van der Waals surface area contributed by atoms with Gasteiger partial charge in [-0.05, 0) is 37.7 Å². The van der Waals surface area contributed by atoms with E-state index in [-0.39, 0.29) is 5.92 Å². The van der Waals surface area contributed by atoms with E-state index in [4.69, 9.17) is 4.99 Å². The standard InChI is InChI=1S/C21H37NO.C2H6/c1-7-12-17(6)15-19(21(23)11-5)20(10-4)22-16-18(13-8-2)14-9-3;1-2/h10,13,16-17,19H,7-9,11-12,14-15H2,1-6H3;1-2H3/b18-13-,20-10+,22-16+;. The molecule has 0 radical (unpaired) electrons. The highest BCUT2D eigenvalue weighted by molar-refractivity contribution is 5.85. The van der Waals surface area contributed by atoms with Crippen molar-refractivity contribution in [3.05, 3.63) is 23.4 Å². The second-order valence-corrected chi connectivity index (χ2v) is 6.41. The third-order valence-electron chi connectivity index (χ3n) is 4.19. The molecule has 0 heterocycles. The Hall–Kier alpha value is -1.18. The minimum Gasteiger partial charge on any atom is -0.299 e. The molecule has 0 aliphatic rings. The summed E-state index contributed by atoms with van der Waals surface area (Å²) in [6.07, 6.45) is 13.3. The quantitative estimate of drug-likeness (QED) is 0.334. The summed E-state index contributed by atoms with van der Waals surface area (Å²) < 4.78 is 0. The van der Waals surface area contributed by atoms with Crippen LogP contribution >= 0.6 is 0 Å². The van der Waals surface area contributed by atoms with E-state index in [0.717, 1.165) is 31.4 Å². The van der Waals surface area contributed by atoms with Crippen molar-refractivity contribution in [1.82, 2.24) is 0 Å². The Bertz CT molecular complexity index is 418. The smallest absolute Gasteiger partial charge is 0.141 e. The van der Waals surface area contributed by atoms with E-state index in [1.165, 1.54) is 18.4 Å². The van der Waals surface area contributed by atoms with Crippen LogP contribution in [0.2, 0.25) is 0 Å². The zero-order chi connectivity index (χ0) is 19.7. The highest BCUT2D eigenvalue weighted by Crippen LogP contribution is 2.26. The fourth-order valence-corrected chi connectivity index (χ4v) is 2.97. The third-order valence-corrected chi connectivity index (χ3v) is 4.19. The number of Topliss-reactive ketones (excluding diaryl/α,β-unsaturated/α-hetero) is 1. The van der Waals surface area contributed by atoms with Crippen LogP contribution in [-0.4, -0.2) is 12.0 Å². The maximum Gasteiger partial charge on any atom is 0.141 e. The lowest BCUT2D eigenvalue weighted by atomic mass is 9.86. The summed E-state index contributed by atoms with van der Waals surface area (Å²) in [6.45, 7) is 16.7. The summed E-state index contributed by atoms with van der Waals surface area (Å²) in [4.78, 5) is 17.1. The first-order chi connectivity index (χ1) is 12.0. The van der Waals surface area contributed by atoms with Crippen molar-refractivity contribution in [3.63, 3.8) is 0 Å². The van der Waals surface area contributed by atoms with Gasteiger partial charge in [0.1, 0.15) is 5.78 Å². The van der Waals surface area contributed by atoms with Crippen LogP contribution in [-0.2, 0) is 4.79 Å². The highest BCUT2D eigenvalue weighted by Gasteiger charge is 2.22. The van der Waals surface area contributed by atoms with Gasteiger partial charge in [0, 0.05) is 18.3 Å². The van der Waals surface area contributed by atoms with Gasteiger partial charge in [-0.2, -0.15) is 0 Å². The van der Waals surface area contributed by atoms with Crippen molar-refractivity contribution in [2.75, 3.05) is 0 Å². The molecule has 0 N–H and O–H groups in total. The number of hydrogen-bond acceptors (Lipinski definition) is 2. The molecule has 0 aromatic carbocycles. The zero-order valence-corrected chi connectivity index (χ0v) is 18.2. The number of nitrogens with zero attached hydrogens (tertiary/aromatic N) is 1. The second kappa shape index (κ2) is 17.6. The van der Waals surface area contributed by atoms with Crippen molar-refractivity contribution in [1.29, 1.82) is 0 Å². The Morgan fingerprint density at radius 1 is 1.08 bits per heavy atom.